The highest BCUT2D eigenvalue weighted by atomic mass is 32.1. The lowest BCUT2D eigenvalue weighted by atomic mass is 10.1. The molecule has 4 heteroatoms. The van der Waals surface area contributed by atoms with Gasteiger partial charge in [-0.2, -0.15) is 12.6 Å². The highest BCUT2D eigenvalue weighted by Crippen LogP contribution is 2.21. The largest absolute Gasteiger partial charge is 0.441 e. The summed E-state index contributed by atoms with van der Waals surface area (Å²) in [4.78, 5) is 4.17. The number of oxazole rings is 1. The molecule has 0 amide bonds. The van der Waals surface area contributed by atoms with Gasteiger partial charge in [0.1, 0.15) is 5.52 Å². The molecule has 1 N–H and O–H groups in total. The summed E-state index contributed by atoms with van der Waals surface area (Å²) in [6.45, 7) is 1.80. The van der Waals surface area contributed by atoms with Crippen LogP contribution in [0.4, 0.5) is 0 Å². The Morgan fingerprint density at radius 1 is 1.57 bits per heavy atom. The molecular formula is C10H11NO2S. The van der Waals surface area contributed by atoms with Crippen LogP contribution < -0.4 is 0 Å². The number of fused-ring (bicyclic) bond motifs is 1. The van der Waals surface area contributed by atoms with Crippen molar-refractivity contribution in [3.8, 4) is 0 Å². The number of nitrogens with zero attached hydrogens (tertiary/aromatic N) is 1. The molecule has 14 heavy (non-hydrogen) atoms. The fraction of sp³-hybridized carbons (Fsp3) is 0.300. The van der Waals surface area contributed by atoms with Crippen molar-refractivity contribution in [1.82, 2.24) is 4.98 Å². The average molecular weight is 209 g/mol. The van der Waals surface area contributed by atoms with Gasteiger partial charge in [-0.25, -0.2) is 4.98 Å². The number of rotatable bonds is 2. The van der Waals surface area contributed by atoms with Crippen LogP contribution in [-0.4, -0.2) is 15.8 Å². The second-order valence-electron chi connectivity index (χ2n) is 3.16. The molecule has 0 saturated heterocycles. The molecule has 1 atom stereocenters. The van der Waals surface area contributed by atoms with Gasteiger partial charge >= 0.3 is 0 Å². The summed E-state index contributed by atoms with van der Waals surface area (Å²) in [6, 6.07) is 5.48. The number of benzene rings is 1. The Bertz CT molecular complexity index is 452. The molecule has 0 bridgehead atoms. The van der Waals surface area contributed by atoms with Crippen LogP contribution in [-0.2, 0) is 0 Å². The summed E-state index contributed by atoms with van der Waals surface area (Å²) >= 11 is 4.03. The summed E-state index contributed by atoms with van der Waals surface area (Å²) in [5, 5.41) is 9.56. The molecule has 0 saturated carbocycles. The zero-order valence-electron chi connectivity index (χ0n) is 7.77. The number of thiol groups is 1. The van der Waals surface area contributed by atoms with Crippen LogP contribution in [0.15, 0.2) is 22.6 Å². The van der Waals surface area contributed by atoms with E-state index in [1.165, 1.54) is 0 Å². The van der Waals surface area contributed by atoms with Crippen LogP contribution in [0.25, 0.3) is 11.1 Å². The van der Waals surface area contributed by atoms with E-state index >= 15 is 0 Å². The Morgan fingerprint density at radius 2 is 2.36 bits per heavy atom. The van der Waals surface area contributed by atoms with Gasteiger partial charge in [-0.15, -0.1) is 0 Å². The first-order valence-corrected chi connectivity index (χ1v) is 5.00. The third kappa shape index (κ3) is 1.63. The van der Waals surface area contributed by atoms with Gasteiger partial charge in [0.25, 0.3) is 0 Å². The van der Waals surface area contributed by atoms with E-state index in [0.29, 0.717) is 17.2 Å². The van der Waals surface area contributed by atoms with E-state index in [1.807, 2.05) is 12.1 Å². The third-order valence-corrected chi connectivity index (χ3v) is 2.42. The van der Waals surface area contributed by atoms with Crippen LogP contribution in [0.1, 0.15) is 17.6 Å². The van der Waals surface area contributed by atoms with Crippen LogP contribution in [0.2, 0.25) is 0 Å². The lowest BCUT2D eigenvalue weighted by Crippen LogP contribution is -1.97. The van der Waals surface area contributed by atoms with Gasteiger partial charge in [0.15, 0.2) is 11.5 Å². The molecule has 0 aliphatic heterocycles. The summed E-state index contributed by atoms with van der Waals surface area (Å²) in [7, 11) is 0. The van der Waals surface area contributed by atoms with Crippen molar-refractivity contribution >= 4 is 23.7 Å². The summed E-state index contributed by atoms with van der Waals surface area (Å²) in [5.41, 5.74) is 2.34. The zero-order valence-corrected chi connectivity index (χ0v) is 8.66. The van der Waals surface area contributed by atoms with E-state index in [1.54, 1.807) is 13.0 Å². The number of hydrogen-bond acceptors (Lipinski definition) is 4. The Morgan fingerprint density at radius 3 is 3.07 bits per heavy atom. The molecule has 74 valence electrons. The van der Waals surface area contributed by atoms with Crippen molar-refractivity contribution in [1.29, 1.82) is 0 Å². The molecule has 3 nitrogen and oxygen atoms in total. The van der Waals surface area contributed by atoms with Gasteiger partial charge in [0, 0.05) is 12.7 Å². The third-order valence-electron chi connectivity index (χ3n) is 2.08. The number of aryl methyl sites for hydroxylation is 1. The van der Waals surface area contributed by atoms with Crippen molar-refractivity contribution in [2.24, 2.45) is 0 Å². The van der Waals surface area contributed by atoms with Crippen LogP contribution in [0.5, 0.6) is 0 Å². The average Bonchev–Trinajstić information content (AvgIpc) is 2.55. The number of aliphatic hydroxyl groups is 1. The highest BCUT2D eigenvalue weighted by Gasteiger charge is 2.08. The van der Waals surface area contributed by atoms with Crippen molar-refractivity contribution in [2.45, 2.75) is 13.0 Å². The van der Waals surface area contributed by atoms with Gasteiger partial charge in [-0.1, -0.05) is 6.07 Å². The highest BCUT2D eigenvalue weighted by molar-refractivity contribution is 7.80. The van der Waals surface area contributed by atoms with Gasteiger partial charge < -0.3 is 9.52 Å². The van der Waals surface area contributed by atoms with E-state index in [-0.39, 0.29) is 0 Å². The quantitative estimate of drug-likeness (QED) is 0.744. The molecule has 1 heterocycles. The Balaban J connectivity index is 2.50. The predicted octanol–water partition coefficient (Wildman–Crippen LogP) is 2.10. The minimum absolute atomic E-state index is 0.401. The molecule has 1 aromatic heterocycles. The monoisotopic (exact) mass is 209 g/mol. The summed E-state index contributed by atoms with van der Waals surface area (Å²) in [6.07, 6.45) is -0.548. The number of aromatic nitrogens is 1. The summed E-state index contributed by atoms with van der Waals surface area (Å²) in [5.74, 6) is 1.04. The van der Waals surface area contributed by atoms with Gasteiger partial charge in [0.05, 0.1) is 6.10 Å². The normalized spacial score (nSPS) is 13.4. The Kier molecular flexibility index (Phi) is 2.48. The molecule has 0 fully saturated rings. The predicted molar refractivity (Wildman–Crippen MR) is 57.6 cm³/mol. The Labute approximate surface area is 87.2 Å². The van der Waals surface area contributed by atoms with E-state index in [9.17, 15) is 5.11 Å². The maximum Gasteiger partial charge on any atom is 0.192 e. The van der Waals surface area contributed by atoms with E-state index in [2.05, 4.69) is 17.6 Å². The maximum absolute atomic E-state index is 9.56. The van der Waals surface area contributed by atoms with Crippen LogP contribution in [0, 0.1) is 6.92 Å². The maximum atomic E-state index is 9.56. The minimum Gasteiger partial charge on any atom is -0.441 e. The first kappa shape index (κ1) is 9.55. The molecule has 0 spiro atoms. The molecule has 2 rings (SSSR count). The molecule has 0 aliphatic carbocycles. The van der Waals surface area contributed by atoms with Crippen molar-refractivity contribution < 1.29 is 9.52 Å². The van der Waals surface area contributed by atoms with E-state index < -0.39 is 6.10 Å². The molecule has 1 aromatic carbocycles. The molecule has 0 aliphatic rings. The SMILES string of the molecule is Cc1nc2ccc(C(O)CS)cc2o1. The lowest BCUT2D eigenvalue weighted by molar-refractivity contribution is 0.204. The first-order chi connectivity index (χ1) is 6.70. The topological polar surface area (TPSA) is 46.3 Å². The molecule has 0 radical (unpaired) electrons. The molecular weight excluding hydrogens is 198 g/mol. The minimum atomic E-state index is -0.548. The van der Waals surface area contributed by atoms with Crippen molar-refractivity contribution in [2.75, 3.05) is 5.75 Å². The number of aliphatic hydroxyl groups excluding tert-OH is 1. The summed E-state index contributed by atoms with van der Waals surface area (Å²) < 4.78 is 5.36. The second kappa shape index (κ2) is 3.63. The van der Waals surface area contributed by atoms with Crippen LogP contribution in [0.3, 0.4) is 0 Å². The first-order valence-electron chi connectivity index (χ1n) is 4.36. The zero-order chi connectivity index (χ0) is 10.1. The van der Waals surface area contributed by atoms with Gasteiger partial charge in [0.2, 0.25) is 0 Å². The fourth-order valence-electron chi connectivity index (χ4n) is 1.37. The second-order valence-corrected chi connectivity index (χ2v) is 3.52. The lowest BCUT2D eigenvalue weighted by Gasteiger charge is -2.05. The standard InChI is InChI=1S/C10H11NO2S/c1-6-11-8-3-2-7(9(12)5-14)4-10(8)13-6/h2-4,9,12,14H,5H2,1H3. The van der Waals surface area contributed by atoms with E-state index in [4.69, 9.17) is 4.42 Å². The van der Waals surface area contributed by atoms with Gasteiger partial charge in [-0.3, -0.25) is 0 Å². The van der Waals surface area contributed by atoms with Gasteiger partial charge in [-0.05, 0) is 17.7 Å². The van der Waals surface area contributed by atoms with Crippen molar-refractivity contribution in [3.05, 3.63) is 29.7 Å². The van der Waals surface area contributed by atoms with Crippen molar-refractivity contribution in [3.63, 3.8) is 0 Å². The fourth-order valence-corrected chi connectivity index (χ4v) is 1.58. The van der Waals surface area contributed by atoms with E-state index in [0.717, 1.165) is 11.1 Å². The number of hydrogen-bond donors (Lipinski definition) is 2. The Hall–Kier alpha value is -1.00. The van der Waals surface area contributed by atoms with Crippen LogP contribution >= 0.6 is 12.6 Å². The molecule has 1 unspecified atom stereocenters. The smallest absolute Gasteiger partial charge is 0.192 e. The molecule has 2 aromatic rings.